The molecule has 0 aromatic heterocycles. The summed E-state index contributed by atoms with van der Waals surface area (Å²) in [4.78, 5) is 0. The Morgan fingerprint density at radius 2 is 2.11 bits per heavy atom. The highest BCUT2D eigenvalue weighted by atomic mass is 32.2. The maximum absolute atomic E-state index is 8.26. The zero-order chi connectivity index (χ0) is 6.53. The molecule has 0 aliphatic heterocycles. The summed E-state index contributed by atoms with van der Waals surface area (Å²) in [6, 6.07) is 2.16. The molecule has 0 spiro atoms. The Morgan fingerprint density at radius 1 is 1.44 bits per heavy atom. The van der Waals surface area contributed by atoms with E-state index in [0.717, 1.165) is 5.25 Å². The van der Waals surface area contributed by atoms with Gasteiger partial charge < -0.3 is 0 Å². The van der Waals surface area contributed by atoms with Crippen molar-refractivity contribution < 1.29 is 0 Å². The van der Waals surface area contributed by atoms with E-state index in [1.807, 2.05) is 11.8 Å². The number of thioether (sulfide) groups is 1. The third kappa shape index (κ3) is 2.28. The van der Waals surface area contributed by atoms with Crippen LogP contribution in [0.15, 0.2) is 0 Å². The highest BCUT2D eigenvalue weighted by Gasteiger charge is 2.13. The molecule has 1 fully saturated rings. The molecule has 0 aromatic carbocycles. The fourth-order valence-corrected chi connectivity index (χ4v) is 2.19. The molecule has 0 atom stereocenters. The Hall–Kier alpha value is -0.160. The molecule has 50 valence electrons. The summed E-state index contributed by atoms with van der Waals surface area (Å²) in [5.74, 6) is 0.685. The van der Waals surface area contributed by atoms with Crippen LogP contribution in [0.4, 0.5) is 0 Å². The summed E-state index contributed by atoms with van der Waals surface area (Å²) >= 11 is 1.82. The van der Waals surface area contributed by atoms with Crippen molar-refractivity contribution in [3.05, 3.63) is 0 Å². The average Bonchev–Trinajstić information content (AvgIpc) is 2.34. The fraction of sp³-hybridized carbons (Fsp3) is 0.857. The van der Waals surface area contributed by atoms with Gasteiger partial charge in [-0.2, -0.15) is 5.26 Å². The van der Waals surface area contributed by atoms with Gasteiger partial charge >= 0.3 is 0 Å². The highest BCUT2D eigenvalue weighted by molar-refractivity contribution is 8.00. The van der Waals surface area contributed by atoms with Crippen molar-refractivity contribution >= 4 is 11.8 Å². The van der Waals surface area contributed by atoms with E-state index in [1.54, 1.807) is 0 Å². The topological polar surface area (TPSA) is 23.8 Å². The van der Waals surface area contributed by atoms with E-state index in [-0.39, 0.29) is 0 Å². The Morgan fingerprint density at radius 3 is 2.67 bits per heavy atom. The Labute approximate surface area is 60.4 Å². The van der Waals surface area contributed by atoms with Crippen LogP contribution in [0, 0.1) is 11.3 Å². The molecule has 0 N–H and O–H groups in total. The summed E-state index contributed by atoms with van der Waals surface area (Å²) in [6.07, 6.45) is 5.44. The van der Waals surface area contributed by atoms with Crippen LogP contribution in [0.1, 0.15) is 25.7 Å². The SMILES string of the molecule is N#CCSC1CCCC1. The molecule has 0 saturated heterocycles. The summed E-state index contributed by atoms with van der Waals surface area (Å²) in [6.45, 7) is 0. The van der Waals surface area contributed by atoms with Crippen LogP contribution >= 0.6 is 11.8 Å². The first-order valence-electron chi connectivity index (χ1n) is 3.42. The lowest BCUT2D eigenvalue weighted by atomic mass is 10.4. The predicted octanol–water partition coefficient (Wildman–Crippen LogP) is 2.19. The Kier molecular flexibility index (Phi) is 2.93. The van der Waals surface area contributed by atoms with Crippen molar-refractivity contribution in [2.75, 3.05) is 5.75 Å². The minimum Gasteiger partial charge on any atom is -0.197 e. The second kappa shape index (κ2) is 3.79. The normalized spacial score (nSPS) is 19.9. The van der Waals surface area contributed by atoms with Crippen molar-refractivity contribution in [2.45, 2.75) is 30.9 Å². The summed E-state index contributed by atoms with van der Waals surface area (Å²) in [7, 11) is 0. The van der Waals surface area contributed by atoms with Gasteiger partial charge in [0.25, 0.3) is 0 Å². The molecule has 9 heavy (non-hydrogen) atoms. The number of hydrogen-bond acceptors (Lipinski definition) is 2. The first-order chi connectivity index (χ1) is 4.43. The van der Waals surface area contributed by atoms with Crippen molar-refractivity contribution in [1.29, 1.82) is 5.26 Å². The van der Waals surface area contributed by atoms with Crippen LogP contribution < -0.4 is 0 Å². The van der Waals surface area contributed by atoms with E-state index in [2.05, 4.69) is 6.07 Å². The molecule has 1 aliphatic carbocycles. The lowest BCUT2D eigenvalue weighted by Gasteiger charge is -2.02. The van der Waals surface area contributed by atoms with Crippen molar-refractivity contribution in [2.24, 2.45) is 0 Å². The molecule has 1 saturated carbocycles. The zero-order valence-corrected chi connectivity index (χ0v) is 6.28. The molecule has 1 rings (SSSR count). The van der Waals surface area contributed by atoms with Gasteiger partial charge in [-0.1, -0.05) is 12.8 Å². The van der Waals surface area contributed by atoms with Gasteiger partial charge in [0.1, 0.15) is 0 Å². The lowest BCUT2D eigenvalue weighted by molar-refractivity contribution is 0.886. The van der Waals surface area contributed by atoms with Crippen LogP contribution in [0.3, 0.4) is 0 Å². The number of nitrogens with zero attached hydrogens (tertiary/aromatic N) is 1. The first kappa shape index (κ1) is 6.95. The molecular weight excluding hydrogens is 130 g/mol. The van der Waals surface area contributed by atoms with Crippen LogP contribution in [0.2, 0.25) is 0 Å². The smallest absolute Gasteiger partial charge is 0.0810 e. The maximum Gasteiger partial charge on any atom is 0.0810 e. The average molecular weight is 141 g/mol. The van der Waals surface area contributed by atoms with Gasteiger partial charge in [-0.05, 0) is 12.8 Å². The second-order valence-electron chi connectivity index (χ2n) is 2.38. The molecule has 1 aliphatic rings. The van der Waals surface area contributed by atoms with Crippen molar-refractivity contribution in [3.8, 4) is 6.07 Å². The van der Waals surface area contributed by atoms with Crippen LogP contribution in [-0.2, 0) is 0 Å². The molecule has 0 radical (unpaired) electrons. The van der Waals surface area contributed by atoms with E-state index in [4.69, 9.17) is 5.26 Å². The van der Waals surface area contributed by atoms with Gasteiger partial charge in [-0.3, -0.25) is 0 Å². The molecule has 1 nitrogen and oxygen atoms in total. The van der Waals surface area contributed by atoms with Crippen molar-refractivity contribution in [1.82, 2.24) is 0 Å². The van der Waals surface area contributed by atoms with Crippen LogP contribution in [-0.4, -0.2) is 11.0 Å². The first-order valence-corrected chi connectivity index (χ1v) is 4.47. The molecule has 2 heteroatoms. The van der Waals surface area contributed by atoms with Crippen LogP contribution in [0.5, 0.6) is 0 Å². The molecule has 0 amide bonds. The summed E-state index contributed by atoms with van der Waals surface area (Å²) in [5, 5.41) is 9.07. The maximum atomic E-state index is 8.26. The third-order valence-corrected chi connectivity index (χ3v) is 2.92. The van der Waals surface area contributed by atoms with Crippen molar-refractivity contribution in [3.63, 3.8) is 0 Å². The second-order valence-corrected chi connectivity index (χ2v) is 3.66. The number of nitriles is 1. The van der Waals surface area contributed by atoms with E-state index in [9.17, 15) is 0 Å². The highest BCUT2D eigenvalue weighted by Crippen LogP contribution is 2.28. The molecule has 0 bridgehead atoms. The number of rotatable bonds is 2. The predicted molar refractivity (Wildman–Crippen MR) is 40.3 cm³/mol. The summed E-state index contributed by atoms with van der Waals surface area (Å²) in [5.41, 5.74) is 0. The van der Waals surface area contributed by atoms with E-state index in [1.165, 1.54) is 25.7 Å². The van der Waals surface area contributed by atoms with Gasteiger partial charge in [0.05, 0.1) is 11.8 Å². The quantitative estimate of drug-likeness (QED) is 0.588. The third-order valence-electron chi connectivity index (χ3n) is 1.69. The fourth-order valence-electron chi connectivity index (χ4n) is 1.21. The monoisotopic (exact) mass is 141 g/mol. The number of hydrogen-bond donors (Lipinski definition) is 0. The zero-order valence-electron chi connectivity index (χ0n) is 5.47. The van der Waals surface area contributed by atoms with Gasteiger partial charge in [-0.15, -0.1) is 11.8 Å². The molecular formula is C7H11NS. The van der Waals surface area contributed by atoms with Gasteiger partial charge in [0.2, 0.25) is 0 Å². The van der Waals surface area contributed by atoms with E-state index < -0.39 is 0 Å². The Balaban J connectivity index is 2.06. The van der Waals surface area contributed by atoms with E-state index in [0.29, 0.717) is 5.75 Å². The summed E-state index contributed by atoms with van der Waals surface area (Å²) < 4.78 is 0. The lowest BCUT2D eigenvalue weighted by Crippen LogP contribution is -1.93. The minimum absolute atomic E-state index is 0.685. The molecule has 0 aromatic rings. The minimum atomic E-state index is 0.685. The van der Waals surface area contributed by atoms with Gasteiger partial charge in [0.15, 0.2) is 0 Å². The van der Waals surface area contributed by atoms with Crippen LogP contribution in [0.25, 0.3) is 0 Å². The van der Waals surface area contributed by atoms with Gasteiger partial charge in [0, 0.05) is 5.25 Å². The Bertz CT molecular complexity index is 111. The van der Waals surface area contributed by atoms with Gasteiger partial charge in [-0.25, -0.2) is 0 Å². The van der Waals surface area contributed by atoms with E-state index >= 15 is 0 Å². The molecule has 0 heterocycles. The molecule has 0 unspecified atom stereocenters. The standard InChI is InChI=1S/C7H11NS/c8-5-6-9-7-3-1-2-4-7/h7H,1-4,6H2. The largest absolute Gasteiger partial charge is 0.197 e.